The molecule has 0 spiro atoms. The summed E-state index contributed by atoms with van der Waals surface area (Å²) in [7, 11) is -3.85. The summed E-state index contributed by atoms with van der Waals surface area (Å²) in [5.74, 6) is -1.69. The van der Waals surface area contributed by atoms with Crippen molar-refractivity contribution in [2.24, 2.45) is 0 Å². The van der Waals surface area contributed by atoms with Crippen LogP contribution in [0.1, 0.15) is 27.2 Å². The zero-order valence-electron chi connectivity index (χ0n) is 12.2. The molecule has 1 amide bonds. The normalized spacial score (nSPS) is 26.7. The van der Waals surface area contributed by atoms with E-state index in [1.807, 2.05) is 0 Å². The molecule has 0 aromatic rings. The zero-order valence-corrected chi connectivity index (χ0v) is 13.0. The summed E-state index contributed by atoms with van der Waals surface area (Å²) in [6, 6.07) is 0. The van der Waals surface area contributed by atoms with Gasteiger partial charge in [-0.2, -0.15) is 8.42 Å². The molecule has 0 aromatic carbocycles. The van der Waals surface area contributed by atoms with Gasteiger partial charge in [0, 0.05) is 6.42 Å². The Morgan fingerprint density at radius 3 is 2.24 bits per heavy atom. The SMILES string of the molecule is CC(C)(C)OC(=O)N1CC(OS(C)(=O)=O)C[C@@]1(O)C(=O)O. The largest absolute Gasteiger partial charge is 0.478 e. The van der Waals surface area contributed by atoms with E-state index in [1.54, 1.807) is 20.8 Å². The standard InChI is InChI=1S/C11H19NO8S/c1-10(2,3)19-9(15)12-6-7(20-21(4,17)18)5-11(12,16)8(13)14/h7,16H,5-6H2,1-4H3,(H,13,14)/t7?,11-/m1/s1. The zero-order chi connectivity index (χ0) is 16.6. The number of hydrogen-bond donors (Lipinski definition) is 2. The lowest BCUT2D eigenvalue weighted by molar-refractivity contribution is -0.174. The molecule has 0 radical (unpaired) electrons. The van der Waals surface area contributed by atoms with Crippen LogP contribution in [0.25, 0.3) is 0 Å². The van der Waals surface area contributed by atoms with Crippen molar-refractivity contribution in [2.45, 2.75) is 44.6 Å². The number of likely N-dealkylation sites (tertiary alicyclic amines) is 1. The second-order valence-electron chi connectivity index (χ2n) is 5.84. The maximum Gasteiger partial charge on any atom is 0.413 e. The molecule has 0 aromatic heterocycles. The van der Waals surface area contributed by atoms with E-state index in [0.29, 0.717) is 4.90 Å². The molecule has 1 rings (SSSR count). The first-order valence-corrected chi connectivity index (χ1v) is 7.91. The minimum atomic E-state index is -3.85. The number of carbonyl (C=O) groups is 2. The van der Waals surface area contributed by atoms with Gasteiger partial charge in [0.15, 0.2) is 0 Å². The number of rotatable bonds is 3. The lowest BCUT2D eigenvalue weighted by atomic mass is 10.1. The summed E-state index contributed by atoms with van der Waals surface area (Å²) in [5, 5.41) is 19.2. The number of hydrogen-bond acceptors (Lipinski definition) is 7. The van der Waals surface area contributed by atoms with Gasteiger partial charge in [0.1, 0.15) is 11.7 Å². The number of aliphatic hydroxyl groups is 1. The van der Waals surface area contributed by atoms with Crippen LogP contribution < -0.4 is 0 Å². The van der Waals surface area contributed by atoms with E-state index in [-0.39, 0.29) is 0 Å². The van der Waals surface area contributed by atoms with E-state index in [4.69, 9.17) is 9.84 Å². The highest BCUT2D eigenvalue weighted by molar-refractivity contribution is 7.86. The van der Waals surface area contributed by atoms with Gasteiger partial charge in [-0.05, 0) is 20.8 Å². The van der Waals surface area contributed by atoms with Crippen LogP contribution in [0.3, 0.4) is 0 Å². The van der Waals surface area contributed by atoms with E-state index in [1.165, 1.54) is 0 Å². The van der Waals surface area contributed by atoms with Crippen LogP contribution in [0.2, 0.25) is 0 Å². The van der Waals surface area contributed by atoms with Crippen LogP contribution in [0.4, 0.5) is 4.79 Å². The van der Waals surface area contributed by atoms with Gasteiger partial charge in [-0.25, -0.2) is 9.59 Å². The molecule has 2 atom stereocenters. The van der Waals surface area contributed by atoms with E-state index >= 15 is 0 Å². The first kappa shape index (κ1) is 17.7. The lowest BCUT2D eigenvalue weighted by Gasteiger charge is -2.31. The van der Waals surface area contributed by atoms with Crippen LogP contribution in [0.15, 0.2) is 0 Å². The fourth-order valence-electron chi connectivity index (χ4n) is 1.90. The summed E-state index contributed by atoms with van der Waals surface area (Å²) < 4.78 is 31.8. The smallest absolute Gasteiger partial charge is 0.413 e. The molecule has 1 heterocycles. The van der Waals surface area contributed by atoms with Crippen molar-refractivity contribution in [3.63, 3.8) is 0 Å². The number of amides is 1. The highest BCUT2D eigenvalue weighted by atomic mass is 32.2. The maximum absolute atomic E-state index is 12.0. The highest BCUT2D eigenvalue weighted by Gasteiger charge is 2.55. The van der Waals surface area contributed by atoms with Crippen molar-refractivity contribution in [3.8, 4) is 0 Å². The number of carboxylic acid groups (broad SMARTS) is 1. The Morgan fingerprint density at radius 1 is 1.33 bits per heavy atom. The summed E-state index contributed by atoms with van der Waals surface area (Å²) in [5.41, 5.74) is -3.47. The second-order valence-corrected chi connectivity index (χ2v) is 7.44. The van der Waals surface area contributed by atoms with Crippen LogP contribution in [0, 0.1) is 0 Å². The quantitative estimate of drug-likeness (QED) is 0.679. The van der Waals surface area contributed by atoms with Gasteiger partial charge in [0.2, 0.25) is 5.72 Å². The van der Waals surface area contributed by atoms with Crippen molar-refractivity contribution < 1.29 is 37.1 Å². The molecule has 0 aliphatic carbocycles. The van der Waals surface area contributed by atoms with Crippen molar-refractivity contribution in [1.82, 2.24) is 4.90 Å². The Balaban J connectivity index is 2.99. The molecule has 9 nitrogen and oxygen atoms in total. The van der Waals surface area contributed by atoms with Crippen molar-refractivity contribution >= 4 is 22.2 Å². The first-order chi connectivity index (χ1) is 9.24. The minimum absolute atomic E-state index is 0.412. The van der Waals surface area contributed by atoms with Gasteiger partial charge >= 0.3 is 12.1 Å². The van der Waals surface area contributed by atoms with Crippen LogP contribution in [0.5, 0.6) is 0 Å². The van der Waals surface area contributed by atoms with Crippen LogP contribution >= 0.6 is 0 Å². The predicted octanol–water partition coefficient (Wildman–Crippen LogP) is -0.255. The maximum atomic E-state index is 12.0. The predicted molar refractivity (Wildman–Crippen MR) is 69.9 cm³/mol. The van der Waals surface area contributed by atoms with E-state index < -0.39 is 52.6 Å². The van der Waals surface area contributed by atoms with Crippen molar-refractivity contribution in [1.29, 1.82) is 0 Å². The Hall–Kier alpha value is -1.39. The fourth-order valence-corrected chi connectivity index (χ4v) is 2.53. The molecule has 0 saturated carbocycles. The molecule has 122 valence electrons. The van der Waals surface area contributed by atoms with E-state index in [2.05, 4.69) is 4.18 Å². The Morgan fingerprint density at radius 2 is 1.86 bits per heavy atom. The van der Waals surface area contributed by atoms with E-state index in [0.717, 1.165) is 6.26 Å². The molecular formula is C11H19NO8S. The van der Waals surface area contributed by atoms with Gasteiger partial charge in [0.25, 0.3) is 10.1 Å². The summed E-state index contributed by atoms with van der Waals surface area (Å²) in [6.45, 7) is 4.31. The molecule has 2 N–H and O–H groups in total. The van der Waals surface area contributed by atoms with Gasteiger partial charge in [-0.1, -0.05) is 0 Å². The highest BCUT2D eigenvalue weighted by Crippen LogP contribution is 2.31. The summed E-state index contributed by atoms with van der Waals surface area (Å²) >= 11 is 0. The second kappa shape index (κ2) is 5.43. The number of carbonyl (C=O) groups excluding carboxylic acids is 1. The Bertz CT molecular complexity index is 537. The molecule has 1 aliphatic rings. The molecule has 10 heteroatoms. The molecule has 1 aliphatic heterocycles. The molecule has 1 fully saturated rings. The van der Waals surface area contributed by atoms with Crippen LogP contribution in [-0.2, 0) is 23.8 Å². The van der Waals surface area contributed by atoms with Gasteiger partial charge < -0.3 is 14.9 Å². The molecule has 0 bridgehead atoms. The van der Waals surface area contributed by atoms with Gasteiger partial charge in [-0.15, -0.1) is 0 Å². The number of aliphatic carboxylic acids is 1. The average molecular weight is 325 g/mol. The van der Waals surface area contributed by atoms with Crippen molar-refractivity contribution in [3.05, 3.63) is 0 Å². The van der Waals surface area contributed by atoms with Gasteiger partial charge in [0.05, 0.1) is 12.8 Å². The molecular weight excluding hydrogens is 306 g/mol. The summed E-state index contributed by atoms with van der Waals surface area (Å²) in [6.07, 6.45) is -2.00. The third-order valence-corrected chi connectivity index (χ3v) is 3.23. The monoisotopic (exact) mass is 325 g/mol. The van der Waals surface area contributed by atoms with E-state index in [9.17, 15) is 23.1 Å². The number of carboxylic acids is 1. The third-order valence-electron chi connectivity index (χ3n) is 2.61. The minimum Gasteiger partial charge on any atom is -0.478 e. The van der Waals surface area contributed by atoms with Crippen LogP contribution in [-0.4, -0.2) is 65.8 Å². The average Bonchev–Trinajstić information content (AvgIpc) is 2.51. The third kappa shape index (κ3) is 4.55. The fraction of sp³-hybridized carbons (Fsp3) is 0.818. The molecule has 1 saturated heterocycles. The lowest BCUT2D eigenvalue weighted by Crippen LogP contribution is -2.54. The van der Waals surface area contributed by atoms with Gasteiger partial charge in [-0.3, -0.25) is 9.08 Å². The topological polar surface area (TPSA) is 130 Å². The molecule has 1 unspecified atom stereocenters. The first-order valence-electron chi connectivity index (χ1n) is 6.09. The number of nitrogens with zero attached hydrogens (tertiary/aromatic N) is 1. The Labute approximate surface area is 122 Å². The number of ether oxygens (including phenoxy) is 1. The molecule has 21 heavy (non-hydrogen) atoms. The van der Waals surface area contributed by atoms with Crippen molar-refractivity contribution in [2.75, 3.05) is 12.8 Å². The summed E-state index contributed by atoms with van der Waals surface area (Å²) in [4.78, 5) is 23.7. The Kier molecular flexibility index (Phi) is 4.56.